The molecule has 2 aromatic heterocycles. The van der Waals surface area contributed by atoms with Gasteiger partial charge in [0.05, 0.1) is 5.69 Å². The van der Waals surface area contributed by atoms with Crippen LogP contribution in [-0.2, 0) is 0 Å². The summed E-state index contributed by atoms with van der Waals surface area (Å²) in [7, 11) is 0. The molecule has 0 amide bonds. The molecule has 0 spiro atoms. The number of benzene rings is 1. The Morgan fingerprint density at radius 3 is 2.14 bits per heavy atom. The lowest BCUT2D eigenvalue weighted by molar-refractivity contribution is 0.633. The first-order valence-electron chi connectivity index (χ1n) is 10.2. The Kier molecular flexibility index (Phi) is 5.84. The molecule has 7 heteroatoms. The van der Waals surface area contributed by atoms with Crippen LogP contribution in [0.3, 0.4) is 0 Å². The van der Waals surface area contributed by atoms with Crippen molar-refractivity contribution in [1.82, 2.24) is 19.9 Å². The molecule has 1 aliphatic rings. The predicted molar refractivity (Wildman–Crippen MR) is 117 cm³/mol. The van der Waals surface area contributed by atoms with E-state index in [1.807, 2.05) is 24.3 Å². The Balaban J connectivity index is 1.60. The van der Waals surface area contributed by atoms with Crippen LogP contribution >= 0.6 is 0 Å². The molecule has 4 rings (SSSR count). The average Bonchev–Trinajstić information content (AvgIpc) is 2.81. The molecule has 1 aromatic carbocycles. The molecule has 1 fully saturated rings. The Bertz CT molecular complexity index is 905. The van der Waals surface area contributed by atoms with Gasteiger partial charge in [-0.3, -0.25) is 0 Å². The molecule has 1 aliphatic heterocycles. The third kappa shape index (κ3) is 4.29. The van der Waals surface area contributed by atoms with Crippen molar-refractivity contribution < 1.29 is 0 Å². The van der Waals surface area contributed by atoms with Gasteiger partial charge in [-0.15, -0.1) is 0 Å². The summed E-state index contributed by atoms with van der Waals surface area (Å²) in [5.74, 6) is 2.57. The van der Waals surface area contributed by atoms with Crippen LogP contribution in [0, 0.1) is 0 Å². The maximum Gasteiger partial charge on any atom is 0.227 e. The molecule has 29 heavy (non-hydrogen) atoms. The quantitative estimate of drug-likeness (QED) is 0.642. The summed E-state index contributed by atoms with van der Waals surface area (Å²) in [6, 6.07) is 14.3. The zero-order chi connectivity index (χ0) is 20.1. The highest BCUT2D eigenvalue weighted by molar-refractivity contribution is 5.65. The van der Waals surface area contributed by atoms with E-state index in [4.69, 9.17) is 9.97 Å². The second-order valence-electron chi connectivity index (χ2n) is 6.97. The van der Waals surface area contributed by atoms with Gasteiger partial charge in [0.25, 0.3) is 0 Å². The van der Waals surface area contributed by atoms with Crippen LogP contribution in [-0.4, -0.2) is 59.2 Å². The standard InChI is InChI=1S/C22H27N7/c1-3-27(4-2)22-25-19(18-9-6-5-7-10-18)17-20(26-22)28-13-15-29(16-14-28)21-23-11-8-12-24-21/h5-12,17H,3-4,13-16H2,1-2H3. The molecule has 150 valence electrons. The van der Waals surface area contributed by atoms with Gasteiger partial charge >= 0.3 is 0 Å². The SMILES string of the molecule is CCN(CC)c1nc(-c2ccccc2)cc(N2CCN(c3ncccn3)CC2)n1. The molecular weight excluding hydrogens is 362 g/mol. The van der Waals surface area contributed by atoms with Crippen LogP contribution in [0.4, 0.5) is 17.7 Å². The fraction of sp³-hybridized carbons (Fsp3) is 0.364. The Hall–Kier alpha value is -3.22. The summed E-state index contributed by atoms with van der Waals surface area (Å²) >= 11 is 0. The van der Waals surface area contributed by atoms with Gasteiger partial charge in [0, 0.05) is 63.3 Å². The predicted octanol–water partition coefficient (Wildman–Crippen LogP) is 3.11. The number of rotatable bonds is 6. The van der Waals surface area contributed by atoms with Crippen molar-refractivity contribution in [2.24, 2.45) is 0 Å². The number of nitrogens with zero attached hydrogens (tertiary/aromatic N) is 7. The Labute approximate surface area is 172 Å². The van der Waals surface area contributed by atoms with Crippen LogP contribution in [0.2, 0.25) is 0 Å². The van der Waals surface area contributed by atoms with Crippen molar-refractivity contribution in [2.75, 3.05) is 54.0 Å². The summed E-state index contributed by atoms with van der Waals surface area (Å²) < 4.78 is 0. The molecule has 0 aliphatic carbocycles. The van der Waals surface area contributed by atoms with E-state index >= 15 is 0 Å². The van der Waals surface area contributed by atoms with E-state index in [-0.39, 0.29) is 0 Å². The summed E-state index contributed by atoms with van der Waals surface area (Å²) in [5.41, 5.74) is 2.08. The topological polar surface area (TPSA) is 61.3 Å². The molecule has 0 unspecified atom stereocenters. The van der Waals surface area contributed by atoms with Crippen molar-refractivity contribution in [2.45, 2.75) is 13.8 Å². The Morgan fingerprint density at radius 1 is 0.828 bits per heavy atom. The molecule has 3 heterocycles. The van der Waals surface area contributed by atoms with Crippen molar-refractivity contribution in [3.05, 3.63) is 54.9 Å². The van der Waals surface area contributed by atoms with Gasteiger partial charge in [0.15, 0.2) is 0 Å². The van der Waals surface area contributed by atoms with Gasteiger partial charge in [-0.1, -0.05) is 30.3 Å². The Morgan fingerprint density at radius 2 is 1.48 bits per heavy atom. The minimum absolute atomic E-state index is 0.792. The van der Waals surface area contributed by atoms with Gasteiger partial charge in [-0.05, 0) is 19.9 Å². The lowest BCUT2D eigenvalue weighted by atomic mass is 10.1. The molecule has 3 aromatic rings. The number of piperazine rings is 1. The molecule has 0 saturated carbocycles. The van der Waals surface area contributed by atoms with Crippen LogP contribution < -0.4 is 14.7 Å². The van der Waals surface area contributed by atoms with Crippen LogP contribution in [0.5, 0.6) is 0 Å². The molecule has 0 bridgehead atoms. The number of hydrogen-bond acceptors (Lipinski definition) is 7. The summed E-state index contributed by atoms with van der Waals surface area (Å²) in [5, 5.41) is 0. The van der Waals surface area contributed by atoms with E-state index in [1.165, 1.54) is 0 Å². The van der Waals surface area contributed by atoms with Crippen LogP contribution in [0.15, 0.2) is 54.9 Å². The lowest BCUT2D eigenvalue weighted by Gasteiger charge is -2.35. The van der Waals surface area contributed by atoms with Gasteiger partial charge < -0.3 is 14.7 Å². The maximum atomic E-state index is 4.91. The highest BCUT2D eigenvalue weighted by atomic mass is 15.3. The first-order chi connectivity index (χ1) is 14.3. The molecule has 0 atom stereocenters. The average molecular weight is 390 g/mol. The number of anilines is 3. The van der Waals surface area contributed by atoms with Crippen molar-refractivity contribution in [1.29, 1.82) is 0 Å². The van der Waals surface area contributed by atoms with Gasteiger partial charge in [-0.2, -0.15) is 4.98 Å². The van der Waals surface area contributed by atoms with Gasteiger partial charge in [0.2, 0.25) is 11.9 Å². The second-order valence-corrected chi connectivity index (χ2v) is 6.97. The summed E-state index contributed by atoms with van der Waals surface area (Å²) in [6.45, 7) is 9.54. The lowest BCUT2D eigenvalue weighted by Crippen LogP contribution is -2.47. The fourth-order valence-corrected chi connectivity index (χ4v) is 3.58. The van der Waals surface area contributed by atoms with E-state index in [1.54, 1.807) is 12.4 Å². The summed E-state index contributed by atoms with van der Waals surface area (Å²) in [4.78, 5) is 25.3. The second kappa shape index (κ2) is 8.86. The molecular formula is C22H27N7. The van der Waals surface area contributed by atoms with Crippen molar-refractivity contribution >= 4 is 17.7 Å². The van der Waals surface area contributed by atoms with Gasteiger partial charge in [0.1, 0.15) is 5.82 Å². The minimum Gasteiger partial charge on any atom is -0.353 e. The molecule has 7 nitrogen and oxygen atoms in total. The highest BCUT2D eigenvalue weighted by Gasteiger charge is 2.22. The van der Waals surface area contributed by atoms with Crippen molar-refractivity contribution in [3.63, 3.8) is 0 Å². The third-order valence-electron chi connectivity index (χ3n) is 5.26. The number of hydrogen-bond donors (Lipinski definition) is 0. The van der Waals surface area contributed by atoms with Crippen LogP contribution in [0.25, 0.3) is 11.3 Å². The zero-order valence-corrected chi connectivity index (χ0v) is 17.1. The largest absolute Gasteiger partial charge is 0.353 e. The number of aromatic nitrogens is 4. The first kappa shape index (κ1) is 19.1. The maximum absolute atomic E-state index is 4.91. The van der Waals surface area contributed by atoms with E-state index in [9.17, 15) is 0 Å². The molecule has 0 radical (unpaired) electrons. The summed E-state index contributed by atoms with van der Waals surface area (Å²) in [6.07, 6.45) is 3.59. The monoisotopic (exact) mass is 389 g/mol. The van der Waals surface area contributed by atoms with Gasteiger partial charge in [-0.25, -0.2) is 15.0 Å². The normalized spacial score (nSPS) is 14.1. The first-order valence-corrected chi connectivity index (χ1v) is 10.2. The highest BCUT2D eigenvalue weighted by Crippen LogP contribution is 2.26. The molecule has 1 saturated heterocycles. The van der Waals surface area contributed by atoms with E-state index in [0.29, 0.717) is 0 Å². The zero-order valence-electron chi connectivity index (χ0n) is 17.1. The van der Waals surface area contributed by atoms with E-state index in [0.717, 1.165) is 68.2 Å². The van der Waals surface area contributed by atoms with Crippen molar-refractivity contribution in [3.8, 4) is 11.3 Å². The fourth-order valence-electron chi connectivity index (χ4n) is 3.58. The van der Waals surface area contributed by atoms with E-state index in [2.05, 4.69) is 56.7 Å². The molecule has 0 N–H and O–H groups in total. The smallest absolute Gasteiger partial charge is 0.227 e. The minimum atomic E-state index is 0.792. The third-order valence-corrected chi connectivity index (χ3v) is 5.26. The van der Waals surface area contributed by atoms with Crippen LogP contribution in [0.1, 0.15) is 13.8 Å². The van der Waals surface area contributed by atoms with E-state index < -0.39 is 0 Å².